The summed E-state index contributed by atoms with van der Waals surface area (Å²) in [6, 6.07) is 4.98. The first kappa shape index (κ1) is 11.4. The van der Waals surface area contributed by atoms with Crippen molar-refractivity contribution < 1.29 is 14.4 Å². The Morgan fingerprint density at radius 2 is 2.29 bits per heavy atom. The number of rotatable bonds is 4. The highest BCUT2D eigenvalue weighted by atomic mass is 16.5. The van der Waals surface area contributed by atoms with Gasteiger partial charge in [-0.15, -0.1) is 0 Å². The van der Waals surface area contributed by atoms with E-state index in [0.29, 0.717) is 24.4 Å². The lowest BCUT2D eigenvalue weighted by Crippen LogP contribution is -1.96. The average Bonchev–Trinajstić information content (AvgIpc) is 2.78. The van der Waals surface area contributed by atoms with Gasteiger partial charge in [0.15, 0.2) is 11.6 Å². The molecule has 6 heteroatoms. The molecule has 0 saturated carbocycles. The van der Waals surface area contributed by atoms with Crippen molar-refractivity contribution in [2.45, 2.75) is 6.42 Å². The van der Waals surface area contributed by atoms with Gasteiger partial charge in [-0.25, -0.2) is 0 Å². The lowest BCUT2D eigenvalue weighted by molar-refractivity contribution is 0.199. The second-order valence-electron chi connectivity index (χ2n) is 3.50. The van der Waals surface area contributed by atoms with Gasteiger partial charge in [-0.3, -0.25) is 0 Å². The van der Waals surface area contributed by atoms with Crippen LogP contribution < -0.4 is 5.73 Å². The largest absolute Gasteiger partial charge is 0.505 e. The van der Waals surface area contributed by atoms with Crippen LogP contribution in [0.3, 0.4) is 0 Å². The molecule has 1 aromatic heterocycles. The van der Waals surface area contributed by atoms with Gasteiger partial charge >= 0.3 is 0 Å². The van der Waals surface area contributed by atoms with E-state index in [9.17, 15) is 5.11 Å². The van der Waals surface area contributed by atoms with Gasteiger partial charge in [-0.1, -0.05) is 11.2 Å². The molecule has 0 amide bonds. The Hall–Kier alpha value is -2.08. The smallest absolute Gasteiger partial charge is 0.261 e. The van der Waals surface area contributed by atoms with E-state index in [0.717, 1.165) is 0 Å². The van der Waals surface area contributed by atoms with Crippen molar-refractivity contribution >= 4 is 5.69 Å². The molecule has 90 valence electrons. The van der Waals surface area contributed by atoms with Crippen molar-refractivity contribution in [3.63, 3.8) is 0 Å². The monoisotopic (exact) mass is 235 g/mol. The Labute approximate surface area is 98.0 Å². The molecular formula is C11H13N3O3. The van der Waals surface area contributed by atoms with E-state index in [1.807, 2.05) is 0 Å². The number of methoxy groups -OCH3 is 1. The number of aromatic hydroxyl groups is 1. The molecule has 0 aliphatic carbocycles. The van der Waals surface area contributed by atoms with Crippen molar-refractivity contribution in [2.75, 3.05) is 19.5 Å². The third-order valence-corrected chi connectivity index (χ3v) is 2.30. The topological polar surface area (TPSA) is 94.4 Å². The number of para-hydroxylation sites is 1. The second kappa shape index (κ2) is 4.84. The SMILES string of the molecule is COCCc1noc(-c2cccc(N)c2O)n1. The molecule has 0 atom stereocenters. The van der Waals surface area contributed by atoms with Crippen LogP contribution >= 0.6 is 0 Å². The van der Waals surface area contributed by atoms with Crippen LogP contribution in [0.25, 0.3) is 11.5 Å². The molecule has 0 spiro atoms. The number of ether oxygens (including phenoxy) is 1. The van der Waals surface area contributed by atoms with Crippen molar-refractivity contribution in [3.8, 4) is 17.2 Å². The molecule has 2 aromatic rings. The van der Waals surface area contributed by atoms with E-state index < -0.39 is 0 Å². The summed E-state index contributed by atoms with van der Waals surface area (Å²) in [6.07, 6.45) is 0.559. The van der Waals surface area contributed by atoms with Gasteiger partial charge < -0.3 is 20.1 Å². The van der Waals surface area contributed by atoms with E-state index in [1.54, 1.807) is 25.3 Å². The first-order valence-corrected chi connectivity index (χ1v) is 5.11. The van der Waals surface area contributed by atoms with Crippen LogP contribution in [0.1, 0.15) is 5.82 Å². The first-order valence-electron chi connectivity index (χ1n) is 5.11. The van der Waals surface area contributed by atoms with Gasteiger partial charge in [0.2, 0.25) is 0 Å². The van der Waals surface area contributed by atoms with Gasteiger partial charge in [0.25, 0.3) is 5.89 Å². The minimum atomic E-state index is -0.0468. The normalized spacial score (nSPS) is 10.6. The fraction of sp³-hybridized carbons (Fsp3) is 0.273. The van der Waals surface area contributed by atoms with Crippen LogP contribution in [0.5, 0.6) is 5.75 Å². The van der Waals surface area contributed by atoms with Crippen LogP contribution in [0, 0.1) is 0 Å². The number of anilines is 1. The second-order valence-corrected chi connectivity index (χ2v) is 3.50. The fourth-order valence-corrected chi connectivity index (χ4v) is 1.39. The Morgan fingerprint density at radius 3 is 3.06 bits per heavy atom. The van der Waals surface area contributed by atoms with Crippen molar-refractivity contribution in [2.24, 2.45) is 0 Å². The molecular weight excluding hydrogens is 222 g/mol. The van der Waals surface area contributed by atoms with Crippen molar-refractivity contribution in [1.29, 1.82) is 0 Å². The van der Waals surface area contributed by atoms with Gasteiger partial charge in [-0.05, 0) is 12.1 Å². The number of phenols is 1. The Balaban J connectivity index is 2.27. The molecule has 0 radical (unpaired) electrons. The molecule has 3 N–H and O–H groups in total. The molecule has 0 unspecified atom stereocenters. The first-order chi connectivity index (χ1) is 8.22. The molecule has 0 aliphatic rings. The minimum Gasteiger partial charge on any atom is -0.505 e. The summed E-state index contributed by atoms with van der Waals surface area (Å²) in [4.78, 5) is 4.15. The predicted molar refractivity (Wildman–Crippen MR) is 61.4 cm³/mol. The number of phenolic OH excluding ortho intramolecular Hbond substituents is 1. The summed E-state index contributed by atoms with van der Waals surface area (Å²) >= 11 is 0. The van der Waals surface area contributed by atoms with Crippen molar-refractivity contribution in [3.05, 3.63) is 24.0 Å². The zero-order valence-corrected chi connectivity index (χ0v) is 9.38. The number of nitrogen functional groups attached to an aromatic ring is 1. The molecule has 0 saturated heterocycles. The Kier molecular flexibility index (Phi) is 3.24. The van der Waals surface area contributed by atoms with Gasteiger partial charge in [0.05, 0.1) is 17.9 Å². The van der Waals surface area contributed by atoms with Crippen LogP contribution in [-0.4, -0.2) is 29.0 Å². The quantitative estimate of drug-likeness (QED) is 0.611. The highest BCUT2D eigenvalue weighted by Crippen LogP contribution is 2.32. The highest BCUT2D eigenvalue weighted by molar-refractivity contribution is 5.71. The molecule has 0 fully saturated rings. The van der Waals surface area contributed by atoms with Crippen LogP contribution in [-0.2, 0) is 11.2 Å². The molecule has 1 aromatic carbocycles. The van der Waals surface area contributed by atoms with Crippen LogP contribution in [0.2, 0.25) is 0 Å². The standard InChI is InChI=1S/C11H13N3O3/c1-16-6-5-9-13-11(17-14-9)7-3-2-4-8(12)10(7)15/h2-4,15H,5-6,12H2,1H3. The Bertz CT molecular complexity index is 510. The summed E-state index contributed by atoms with van der Waals surface area (Å²) in [5.74, 6) is 0.735. The number of nitrogens with zero attached hydrogens (tertiary/aromatic N) is 2. The number of aromatic nitrogens is 2. The minimum absolute atomic E-state index is 0.0468. The predicted octanol–water partition coefficient (Wildman–Crippen LogP) is 1.21. The fourth-order valence-electron chi connectivity index (χ4n) is 1.39. The lowest BCUT2D eigenvalue weighted by atomic mass is 10.2. The van der Waals surface area contributed by atoms with Crippen LogP contribution in [0.15, 0.2) is 22.7 Å². The summed E-state index contributed by atoms with van der Waals surface area (Å²) < 4.78 is 9.96. The summed E-state index contributed by atoms with van der Waals surface area (Å²) in [6.45, 7) is 0.516. The van der Waals surface area contributed by atoms with E-state index in [1.165, 1.54) is 0 Å². The van der Waals surface area contributed by atoms with E-state index in [2.05, 4.69) is 10.1 Å². The number of hydrogen-bond donors (Lipinski definition) is 2. The summed E-state index contributed by atoms with van der Waals surface area (Å²) in [5, 5.41) is 13.5. The molecule has 17 heavy (non-hydrogen) atoms. The maximum atomic E-state index is 9.76. The zero-order valence-electron chi connectivity index (χ0n) is 9.38. The third kappa shape index (κ3) is 2.36. The molecule has 0 bridgehead atoms. The van der Waals surface area contributed by atoms with Gasteiger partial charge in [0.1, 0.15) is 0 Å². The molecule has 1 heterocycles. The zero-order chi connectivity index (χ0) is 12.3. The summed E-state index contributed by atoms with van der Waals surface area (Å²) in [5.41, 5.74) is 6.29. The van der Waals surface area contributed by atoms with E-state index in [4.69, 9.17) is 15.0 Å². The third-order valence-electron chi connectivity index (χ3n) is 2.30. The molecule has 6 nitrogen and oxygen atoms in total. The number of benzene rings is 1. The van der Waals surface area contributed by atoms with Gasteiger partial charge in [-0.2, -0.15) is 4.98 Å². The van der Waals surface area contributed by atoms with Gasteiger partial charge in [0, 0.05) is 13.5 Å². The van der Waals surface area contributed by atoms with Crippen LogP contribution in [0.4, 0.5) is 5.69 Å². The van der Waals surface area contributed by atoms with E-state index >= 15 is 0 Å². The number of hydrogen-bond acceptors (Lipinski definition) is 6. The van der Waals surface area contributed by atoms with Crippen molar-refractivity contribution in [1.82, 2.24) is 10.1 Å². The number of nitrogens with two attached hydrogens (primary N) is 1. The van der Waals surface area contributed by atoms with E-state index in [-0.39, 0.29) is 17.3 Å². The highest BCUT2D eigenvalue weighted by Gasteiger charge is 2.13. The maximum Gasteiger partial charge on any atom is 0.261 e. The average molecular weight is 235 g/mol. The Morgan fingerprint density at radius 1 is 1.47 bits per heavy atom. The summed E-state index contributed by atoms with van der Waals surface area (Å²) in [7, 11) is 1.60. The molecule has 0 aliphatic heterocycles. The lowest BCUT2D eigenvalue weighted by Gasteiger charge is -2.01. The maximum absolute atomic E-state index is 9.76. The molecule has 2 rings (SSSR count).